The molecule has 0 N–H and O–H groups in total. The van der Waals surface area contributed by atoms with Gasteiger partial charge >= 0.3 is 0 Å². The largest absolute Gasteiger partial charge is 0.496 e. The number of pyridine rings is 1. The van der Waals surface area contributed by atoms with Crippen LogP contribution in [0.15, 0.2) is 24.6 Å². The molecule has 1 aromatic rings. The molecule has 2 nitrogen and oxygen atoms in total. The second-order valence-corrected chi connectivity index (χ2v) is 2.16. The van der Waals surface area contributed by atoms with E-state index in [1.165, 1.54) is 0 Å². The first-order chi connectivity index (χ1) is 4.97. The lowest BCUT2D eigenvalue weighted by Crippen LogP contribution is -1.97. The summed E-state index contributed by atoms with van der Waals surface area (Å²) in [6, 6.07) is 3.94. The molecule has 2 heterocycles. The summed E-state index contributed by atoms with van der Waals surface area (Å²) < 4.78 is 5.08. The van der Waals surface area contributed by atoms with Crippen LogP contribution in [-0.4, -0.2) is 4.98 Å². The number of aromatic nitrogens is 1. The van der Waals surface area contributed by atoms with Crippen molar-refractivity contribution < 1.29 is 4.74 Å². The lowest BCUT2D eigenvalue weighted by Gasteiger charge is -2.08. The van der Waals surface area contributed by atoms with Gasteiger partial charge in [0.15, 0.2) is 0 Å². The summed E-state index contributed by atoms with van der Waals surface area (Å²) >= 11 is 0. The van der Waals surface area contributed by atoms with Gasteiger partial charge in [0.1, 0.15) is 6.61 Å². The summed E-state index contributed by atoms with van der Waals surface area (Å²) in [5.41, 5.74) is 2.18. The molecule has 0 atom stereocenters. The van der Waals surface area contributed by atoms with Gasteiger partial charge in [0.2, 0.25) is 0 Å². The van der Waals surface area contributed by atoms with Crippen LogP contribution in [0, 0.1) is 0 Å². The lowest BCUT2D eigenvalue weighted by atomic mass is 10.2. The predicted octanol–water partition coefficient (Wildman–Crippen LogP) is 1.58. The number of ether oxygens (including phenoxy) is 1. The van der Waals surface area contributed by atoms with Gasteiger partial charge < -0.3 is 4.74 Å². The molecule has 0 radical (unpaired) electrons. The van der Waals surface area contributed by atoms with Crippen molar-refractivity contribution >= 4 is 6.08 Å². The molecule has 0 fully saturated rings. The SMILES string of the molecule is C1=Cc2ncccc2CO1. The monoisotopic (exact) mass is 133 g/mol. The molecule has 50 valence electrons. The maximum Gasteiger partial charge on any atom is 0.114 e. The highest BCUT2D eigenvalue weighted by molar-refractivity contribution is 5.49. The quantitative estimate of drug-likeness (QED) is 0.536. The van der Waals surface area contributed by atoms with Crippen molar-refractivity contribution in [2.24, 2.45) is 0 Å². The van der Waals surface area contributed by atoms with Crippen molar-refractivity contribution in [2.75, 3.05) is 0 Å². The fourth-order valence-corrected chi connectivity index (χ4v) is 0.973. The van der Waals surface area contributed by atoms with Crippen molar-refractivity contribution in [1.29, 1.82) is 0 Å². The van der Waals surface area contributed by atoms with Gasteiger partial charge in [-0.3, -0.25) is 4.98 Å². The molecular weight excluding hydrogens is 126 g/mol. The van der Waals surface area contributed by atoms with Crippen LogP contribution in [0.25, 0.3) is 6.08 Å². The minimum Gasteiger partial charge on any atom is -0.496 e. The van der Waals surface area contributed by atoms with Gasteiger partial charge in [-0.1, -0.05) is 6.07 Å². The van der Waals surface area contributed by atoms with Gasteiger partial charge in [0.05, 0.1) is 12.0 Å². The highest BCUT2D eigenvalue weighted by atomic mass is 16.5. The van der Waals surface area contributed by atoms with Crippen LogP contribution in [0.5, 0.6) is 0 Å². The second-order valence-electron chi connectivity index (χ2n) is 2.16. The zero-order valence-corrected chi connectivity index (χ0v) is 5.45. The van der Waals surface area contributed by atoms with Crippen LogP contribution in [0.1, 0.15) is 11.3 Å². The molecule has 0 unspecified atom stereocenters. The fraction of sp³-hybridized carbons (Fsp3) is 0.125. The minimum atomic E-state index is 0.652. The third-order valence-corrected chi connectivity index (χ3v) is 1.49. The Labute approximate surface area is 59.2 Å². The van der Waals surface area contributed by atoms with E-state index in [1.807, 2.05) is 18.2 Å². The van der Waals surface area contributed by atoms with Gasteiger partial charge in [0.25, 0.3) is 0 Å². The molecule has 1 aliphatic rings. The van der Waals surface area contributed by atoms with Crippen LogP contribution in [0.2, 0.25) is 0 Å². The van der Waals surface area contributed by atoms with Gasteiger partial charge in [0, 0.05) is 11.8 Å². The molecule has 0 bridgehead atoms. The van der Waals surface area contributed by atoms with E-state index >= 15 is 0 Å². The Hall–Kier alpha value is -1.31. The van der Waals surface area contributed by atoms with E-state index in [2.05, 4.69) is 4.98 Å². The molecule has 2 rings (SSSR count). The van der Waals surface area contributed by atoms with Crippen LogP contribution in [0.3, 0.4) is 0 Å². The number of nitrogens with zero attached hydrogens (tertiary/aromatic N) is 1. The highest BCUT2D eigenvalue weighted by Gasteiger charge is 2.02. The topological polar surface area (TPSA) is 22.1 Å². The maximum atomic E-state index is 5.08. The van der Waals surface area contributed by atoms with Gasteiger partial charge in [-0.2, -0.15) is 0 Å². The Balaban J connectivity index is 2.54. The summed E-state index contributed by atoms with van der Waals surface area (Å²) in [6.45, 7) is 0.652. The van der Waals surface area contributed by atoms with E-state index in [9.17, 15) is 0 Å². The standard InChI is InChI=1S/C8H7NO/c1-2-7-6-10-5-3-8(7)9-4-1/h1-5H,6H2. The van der Waals surface area contributed by atoms with Gasteiger partial charge in [-0.15, -0.1) is 0 Å². The molecular formula is C8H7NO. The Morgan fingerprint density at radius 1 is 1.50 bits per heavy atom. The normalized spacial score (nSPS) is 14.0. The van der Waals surface area contributed by atoms with E-state index in [-0.39, 0.29) is 0 Å². The Bertz CT molecular complexity index is 268. The van der Waals surface area contributed by atoms with E-state index < -0.39 is 0 Å². The van der Waals surface area contributed by atoms with Gasteiger partial charge in [-0.25, -0.2) is 0 Å². The van der Waals surface area contributed by atoms with Crippen molar-refractivity contribution in [3.8, 4) is 0 Å². The molecule has 0 saturated heterocycles. The van der Waals surface area contributed by atoms with Crippen LogP contribution in [0.4, 0.5) is 0 Å². The van der Waals surface area contributed by atoms with E-state index in [1.54, 1.807) is 12.5 Å². The Morgan fingerprint density at radius 2 is 2.50 bits per heavy atom. The molecule has 0 saturated carbocycles. The maximum absolute atomic E-state index is 5.08. The third-order valence-electron chi connectivity index (χ3n) is 1.49. The molecule has 1 aliphatic heterocycles. The number of hydrogen-bond acceptors (Lipinski definition) is 2. The summed E-state index contributed by atoms with van der Waals surface area (Å²) in [6.07, 6.45) is 5.34. The fourth-order valence-electron chi connectivity index (χ4n) is 0.973. The van der Waals surface area contributed by atoms with Crippen molar-refractivity contribution in [2.45, 2.75) is 6.61 Å². The number of rotatable bonds is 0. The minimum absolute atomic E-state index is 0.652. The smallest absolute Gasteiger partial charge is 0.114 e. The van der Waals surface area contributed by atoms with E-state index in [0.29, 0.717) is 6.61 Å². The second kappa shape index (κ2) is 2.14. The summed E-state index contributed by atoms with van der Waals surface area (Å²) in [7, 11) is 0. The first-order valence-corrected chi connectivity index (χ1v) is 3.19. The first kappa shape index (κ1) is 5.47. The average Bonchev–Trinajstić information content (AvgIpc) is 2.05. The molecule has 2 heteroatoms. The lowest BCUT2D eigenvalue weighted by molar-refractivity contribution is 0.234. The molecule has 10 heavy (non-hydrogen) atoms. The summed E-state index contributed by atoms with van der Waals surface area (Å²) in [5.74, 6) is 0. The molecule has 0 aliphatic carbocycles. The predicted molar refractivity (Wildman–Crippen MR) is 38.1 cm³/mol. The Kier molecular flexibility index (Phi) is 1.17. The van der Waals surface area contributed by atoms with Crippen LogP contribution in [-0.2, 0) is 11.3 Å². The van der Waals surface area contributed by atoms with Crippen molar-refractivity contribution in [3.63, 3.8) is 0 Å². The zero-order chi connectivity index (χ0) is 6.81. The molecule has 1 aromatic heterocycles. The Morgan fingerprint density at radius 3 is 3.40 bits per heavy atom. The third kappa shape index (κ3) is 0.778. The highest BCUT2D eigenvalue weighted by Crippen LogP contribution is 2.13. The van der Waals surface area contributed by atoms with Gasteiger partial charge in [-0.05, 0) is 12.1 Å². The molecule has 0 spiro atoms. The van der Waals surface area contributed by atoms with E-state index in [0.717, 1.165) is 11.3 Å². The molecule has 0 amide bonds. The summed E-state index contributed by atoms with van der Waals surface area (Å²) in [5, 5.41) is 0. The van der Waals surface area contributed by atoms with Crippen molar-refractivity contribution in [3.05, 3.63) is 35.8 Å². The average molecular weight is 133 g/mol. The van der Waals surface area contributed by atoms with Crippen LogP contribution >= 0.6 is 0 Å². The number of fused-ring (bicyclic) bond motifs is 1. The number of hydrogen-bond donors (Lipinski definition) is 0. The van der Waals surface area contributed by atoms with E-state index in [4.69, 9.17) is 4.74 Å². The zero-order valence-electron chi connectivity index (χ0n) is 5.45. The van der Waals surface area contributed by atoms with Crippen LogP contribution < -0.4 is 0 Å². The van der Waals surface area contributed by atoms with Crippen molar-refractivity contribution in [1.82, 2.24) is 4.98 Å². The molecule has 0 aromatic carbocycles. The summed E-state index contributed by atoms with van der Waals surface area (Å²) in [4.78, 5) is 4.15. The first-order valence-electron chi connectivity index (χ1n) is 3.19.